The number of hydrazone groups is 1. The standard InChI is InChI=1S/C22H24FN5O2/c1-15(29)26-24-12-17-10-16(11-21(23)22(17)30)18-13-25-28(14-18)20-6-4-19(5-7-20)27-8-2-3-9-27/h4-7,10-13,25,30H,2-3,8-9,14H2,1H3,(H,26,29)/b24-12+. The van der Waals surface area contributed by atoms with Gasteiger partial charge in [-0.15, -0.1) is 0 Å². The number of benzene rings is 2. The van der Waals surface area contributed by atoms with Crippen molar-refractivity contribution in [3.63, 3.8) is 0 Å². The molecule has 0 atom stereocenters. The van der Waals surface area contributed by atoms with Gasteiger partial charge in [0.2, 0.25) is 5.91 Å². The molecule has 30 heavy (non-hydrogen) atoms. The maximum Gasteiger partial charge on any atom is 0.236 e. The van der Waals surface area contributed by atoms with Crippen LogP contribution in [0.1, 0.15) is 30.9 Å². The van der Waals surface area contributed by atoms with Crippen LogP contribution in [-0.2, 0) is 4.79 Å². The molecule has 2 aromatic rings. The number of rotatable bonds is 5. The summed E-state index contributed by atoms with van der Waals surface area (Å²) in [6.45, 7) is 4.06. The van der Waals surface area contributed by atoms with E-state index >= 15 is 0 Å². The predicted octanol–water partition coefficient (Wildman–Crippen LogP) is 2.97. The highest BCUT2D eigenvalue weighted by Crippen LogP contribution is 2.30. The zero-order chi connectivity index (χ0) is 21.1. The summed E-state index contributed by atoms with van der Waals surface area (Å²) in [4.78, 5) is 13.3. The molecular weight excluding hydrogens is 385 g/mol. The van der Waals surface area contributed by atoms with Crippen LogP contribution in [0.2, 0.25) is 0 Å². The molecule has 8 heteroatoms. The molecule has 2 heterocycles. The fourth-order valence-electron chi connectivity index (χ4n) is 3.67. The summed E-state index contributed by atoms with van der Waals surface area (Å²) in [5.74, 6) is -1.60. The van der Waals surface area contributed by atoms with Gasteiger partial charge < -0.3 is 15.4 Å². The minimum atomic E-state index is -0.744. The van der Waals surface area contributed by atoms with Gasteiger partial charge in [-0.2, -0.15) is 5.10 Å². The van der Waals surface area contributed by atoms with Crippen molar-refractivity contribution < 1.29 is 14.3 Å². The molecule has 0 radical (unpaired) electrons. The number of halogens is 1. The first-order valence-electron chi connectivity index (χ1n) is 9.91. The minimum Gasteiger partial charge on any atom is -0.504 e. The predicted molar refractivity (Wildman–Crippen MR) is 116 cm³/mol. The summed E-state index contributed by atoms with van der Waals surface area (Å²) in [6, 6.07) is 11.3. The third-order valence-electron chi connectivity index (χ3n) is 5.24. The van der Waals surface area contributed by atoms with Gasteiger partial charge in [0.05, 0.1) is 18.4 Å². The number of nitrogens with zero attached hydrogens (tertiary/aromatic N) is 3. The van der Waals surface area contributed by atoms with E-state index in [4.69, 9.17) is 0 Å². The van der Waals surface area contributed by atoms with E-state index in [0.717, 1.165) is 24.4 Å². The summed E-state index contributed by atoms with van der Waals surface area (Å²) in [5, 5.41) is 15.6. The van der Waals surface area contributed by atoms with Gasteiger partial charge in [-0.25, -0.2) is 9.82 Å². The molecule has 1 saturated heterocycles. The van der Waals surface area contributed by atoms with Crippen LogP contribution in [0.5, 0.6) is 5.75 Å². The lowest BCUT2D eigenvalue weighted by atomic mass is 10.0. The molecule has 0 aromatic heterocycles. The Labute approximate surface area is 174 Å². The van der Waals surface area contributed by atoms with Gasteiger partial charge >= 0.3 is 0 Å². The molecule has 0 unspecified atom stereocenters. The van der Waals surface area contributed by atoms with Crippen LogP contribution in [0.4, 0.5) is 15.8 Å². The van der Waals surface area contributed by atoms with Crippen LogP contribution >= 0.6 is 0 Å². The lowest BCUT2D eigenvalue weighted by Gasteiger charge is -2.22. The van der Waals surface area contributed by atoms with Gasteiger partial charge in [0.15, 0.2) is 11.6 Å². The van der Waals surface area contributed by atoms with Gasteiger partial charge in [-0.3, -0.25) is 9.80 Å². The number of amides is 1. The first-order chi connectivity index (χ1) is 14.5. The molecule has 3 N–H and O–H groups in total. The summed E-state index contributed by atoms with van der Waals surface area (Å²) < 4.78 is 14.2. The Kier molecular flexibility index (Phi) is 5.56. The number of carbonyl (C=O) groups is 1. The Balaban J connectivity index is 1.48. The number of carbonyl (C=O) groups excluding carboxylic acids is 1. The van der Waals surface area contributed by atoms with Crippen LogP contribution in [0, 0.1) is 5.82 Å². The molecule has 2 aliphatic rings. The molecule has 0 aliphatic carbocycles. The molecule has 7 nitrogen and oxygen atoms in total. The van der Waals surface area contributed by atoms with E-state index in [9.17, 15) is 14.3 Å². The molecule has 1 amide bonds. The second-order valence-corrected chi connectivity index (χ2v) is 7.42. The maximum absolute atomic E-state index is 14.2. The van der Waals surface area contributed by atoms with Crippen molar-refractivity contribution in [2.45, 2.75) is 19.8 Å². The van der Waals surface area contributed by atoms with Gasteiger partial charge in [-0.05, 0) is 60.4 Å². The molecule has 1 fully saturated rings. The Morgan fingerprint density at radius 3 is 2.60 bits per heavy atom. The van der Waals surface area contributed by atoms with Crippen LogP contribution in [0.25, 0.3) is 5.57 Å². The topological polar surface area (TPSA) is 80.2 Å². The average Bonchev–Trinajstić information content (AvgIpc) is 3.43. The second kappa shape index (κ2) is 8.44. The molecule has 4 rings (SSSR count). The van der Waals surface area contributed by atoms with E-state index in [0.29, 0.717) is 12.1 Å². The smallest absolute Gasteiger partial charge is 0.236 e. The summed E-state index contributed by atoms with van der Waals surface area (Å²) in [5.41, 5.74) is 9.36. The number of hydrogen-bond acceptors (Lipinski definition) is 6. The van der Waals surface area contributed by atoms with Crippen molar-refractivity contribution >= 4 is 29.1 Å². The number of nitrogens with one attached hydrogen (secondary N) is 2. The van der Waals surface area contributed by atoms with Crippen LogP contribution in [0.3, 0.4) is 0 Å². The van der Waals surface area contributed by atoms with Gasteiger partial charge in [0.25, 0.3) is 0 Å². The first-order valence-corrected chi connectivity index (χ1v) is 9.91. The molecule has 2 aliphatic heterocycles. The highest BCUT2D eigenvalue weighted by Gasteiger charge is 2.19. The summed E-state index contributed by atoms with van der Waals surface area (Å²) in [7, 11) is 0. The SMILES string of the molecule is CC(=O)N/N=C/c1cc(C2=CNN(c3ccc(N4CCCC4)cc3)C2)cc(F)c1O. The molecule has 0 spiro atoms. The van der Waals surface area contributed by atoms with E-state index in [-0.39, 0.29) is 11.5 Å². The van der Waals surface area contributed by atoms with E-state index in [1.807, 2.05) is 11.2 Å². The van der Waals surface area contributed by atoms with Gasteiger partial charge in [0.1, 0.15) is 0 Å². The zero-order valence-corrected chi connectivity index (χ0v) is 16.7. The van der Waals surface area contributed by atoms with Crippen molar-refractivity contribution in [2.24, 2.45) is 5.10 Å². The number of aromatic hydroxyl groups is 1. The molecule has 2 aromatic carbocycles. The highest BCUT2D eigenvalue weighted by molar-refractivity contribution is 5.87. The number of phenols is 1. The van der Waals surface area contributed by atoms with Gasteiger partial charge in [-0.1, -0.05) is 0 Å². The average molecular weight is 409 g/mol. The fraction of sp³-hybridized carbons (Fsp3) is 0.273. The maximum atomic E-state index is 14.2. The van der Waals surface area contributed by atoms with Crippen molar-refractivity contribution in [2.75, 3.05) is 29.5 Å². The highest BCUT2D eigenvalue weighted by atomic mass is 19.1. The van der Waals surface area contributed by atoms with Crippen LogP contribution in [-0.4, -0.2) is 36.9 Å². The molecule has 156 valence electrons. The van der Waals surface area contributed by atoms with Crippen molar-refractivity contribution in [3.05, 3.63) is 59.5 Å². The molecule has 0 bridgehead atoms. The second-order valence-electron chi connectivity index (χ2n) is 7.42. The lowest BCUT2D eigenvalue weighted by molar-refractivity contribution is -0.118. The van der Waals surface area contributed by atoms with E-state index < -0.39 is 11.6 Å². The Morgan fingerprint density at radius 1 is 1.20 bits per heavy atom. The third-order valence-corrected chi connectivity index (χ3v) is 5.24. The van der Waals surface area contributed by atoms with Crippen LogP contribution < -0.4 is 20.8 Å². The fourth-order valence-corrected chi connectivity index (χ4v) is 3.67. The third kappa shape index (κ3) is 4.22. The zero-order valence-electron chi connectivity index (χ0n) is 16.7. The van der Waals surface area contributed by atoms with E-state index in [1.165, 1.54) is 37.7 Å². The minimum absolute atomic E-state index is 0.188. The van der Waals surface area contributed by atoms with E-state index in [1.54, 1.807) is 6.07 Å². The Bertz CT molecular complexity index is 997. The number of hydrazine groups is 1. The number of anilines is 2. The van der Waals surface area contributed by atoms with Crippen LogP contribution in [0.15, 0.2) is 47.7 Å². The lowest BCUT2D eigenvalue weighted by Crippen LogP contribution is -2.29. The molecule has 0 saturated carbocycles. The quantitative estimate of drug-likeness (QED) is 0.523. The summed E-state index contributed by atoms with van der Waals surface area (Å²) in [6.07, 6.45) is 5.52. The normalized spacial score (nSPS) is 16.1. The van der Waals surface area contributed by atoms with Crippen molar-refractivity contribution in [3.8, 4) is 5.75 Å². The van der Waals surface area contributed by atoms with Crippen molar-refractivity contribution in [1.29, 1.82) is 0 Å². The van der Waals surface area contributed by atoms with E-state index in [2.05, 4.69) is 45.1 Å². The van der Waals surface area contributed by atoms with Crippen molar-refractivity contribution in [1.82, 2.24) is 10.9 Å². The monoisotopic (exact) mass is 409 g/mol. The Morgan fingerprint density at radius 2 is 1.90 bits per heavy atom. The molecular formula is C22H24FN5O2. The largest absolute Gasteiger partial charge is 0.504 e. The number of phenolic OH excluding ortho intramolecular Hbond substituents is 1. The Hall–Kier alpha value is -3.55. The first kappa shape index (κ1) is 19.8. The van der Waals surface area contributed by atoms with Gasteiger partial charge in [0, 0.05) is 37.5 Å². The summed E-state index contributed by atoms with van der Waals surface area (Å²) >= 11 is 0. The number of hydrogen-bond donors (Lipinski definition) is 3.